The second kappa shape index (κ2) is 7.16. The molecule has 4 rings (SSSR count). The van der Waals surface area contributed by atoms with Crippen LogP contribution >= 0.6 is 0 Å². The Bertz CT molecular complexity index is 999. The highest BCUT2D eigenvalue weighted by atomic mass is 19.1. The van der Waals surface area contributed by atoms with Gasteiger partial charge in [0, 0.05) is 24.7 Å². The first-order valence-corrected chi connectivity index (χ1v) is 8.89. The highest BCUT2D eigenvalue weighted by Gasteiger charge is 2.21. The molecule has 3 aromatic carbocycles. The van der Waals surface area contributed by atoms with Gasteiger partial charge in [0.15, 0.2) is 0 Å². The van der Waals surface area contributed by atoms with Crippen molar-refractivity contribution in [3.8, 4) is 5.75 Å². The van der Waals surface area contributed by atoms with E-state index in [1.165, 1.54) is 11.6 Å². The van der Waals surface area contributed by atoms with Crippen molar-refractivity contribution in [2.24, 2.45) is 0 Å². The molecule has 3 nitrogen and oxygen atoms in total. The fourth-order valence-corrected chi connectivity index (χ4v) is 3.50. The van der Waals surface area contributed by atoms with E-state index >= 15 is 0 Å². The quantitative estimate of drug-likeness (QED) is 0.652. The Hall–Kier alpha value is -3.27. The maximum atomic E-state index is 14.5. The Labute approximate surface area is 158 Å². The van der Waals surface area contributed by atoms with Crippen molar-refractivity contribution in [3.63, 3.8) is 0 Å². The molecule has 0 saturated heterocycles. The lowest BCUT2D eigenvalue weighted by molar-refractivity contribution is 0.410. The Morgan fingerprint density at radius 2 is 1.85 bits per heavy atom. The minimum Gasteiger partial charge on any atom is -0.496 e. The van der Waals surface area contributed by atoms with Gasteiger partial charge in [-0.05, 0) is 41.0 Å². The van der Waals surface area contributed by atoms with Crippen LogP contribution in [0.5, 0.6) is 5.75 Å². The van der Waals surface area contributed by atoms with E-state index in [1.807, 2.05) is 35.2 Å². The minimum absolute atomic E-state index is 0.330. The predicted molar refractivity (Wildman–Crippen MR) is 109 cm³/mol. The van der Waals surface area contributed by atoms with E-state index in [-0.39, 0.29) is 5.82 Å². The van der Waals surface area contributed by atoms with Gasteiger partial charge in [0.2, 0.25) is 0 Å². The summed E-state index contributed by atoms with van der Waals surface area (Å²) in [5.41, 5.74) is 10.9. The number of hydrogen-bond acceptors (Lipinski definition) is 3. The monoisotopic (exact) mass is 360 g/mol. The van der Waals surface area contributed by atoms with Crippen molar-refractivity contribution in [2.75, 3.05) is 24.3 Å². The van der Waals surface area contributed by atoms with Crippen molar-refractivity contribution in [1.82, 2.24) is 0 Å². The van der Waals surface area contributed by atoms with E-state index in [2.05, 4.69) is 24.3 Å². The number of methoxy groups -OCH3 is 1. The van der Waals surface area contributed by atoms with E-state index < -0.39 is 0 Å². The van der Waals surface area contributed by atoms with E-state index in [0.29, 0.717) is 17.9 Å². The molecule has 0 unspecified atom stereocenters. The summed E-state index contributed by atoms with van der Waals surface area (Å²) in [4.78, 5) is 1.94. The molecule has 4 heteroatoms. The number of halogens is 1. The van der Waals surface area contributed by atoms with Gasteiger partial charge in [0.05, 0.1) is 18.5 Å². The summed E-state index contributed by atoms with van der Waals surface area (Å²) in [5, 5.41) is 0. The Morgan fingerprint density at radius 3 is 2.59 bits per heavy atom. The fourth-order valence-electron chi connectivity index (χ4n) is 3.50. The average Bonchev–Trinajstić information content (AvgIpc) is 2.68. The van der Waals surface area contributed by atoms with E-state index in [0.717, 1.165) is 29.0 Å². The van der Waals surface area contributed by atoms with Gasteiger partial charge in [0.25, 0.3) is 0 Å². The van der Waals surface area contributed by atoms with Crippen LogP contribution in [0, 0.1) is 5.82 Å². The third-order valence-electron chi connectivity index (χ3n) is 4.81. The topological polar surface area (TPSA) is 38.5 Å². The predicted octanol–water partition coefficient (Wildman–Crippen LogP) is 5.17. The Kier molecular flexibility index (Phi) is 4.55. The summed E-state index contributed by atoms with van der Waals surface area (Å²) in [6.45, 7) is 0.592. The zero-order valence-corrected chi connectivity index (χ0v) is 15.2. The first kappa shape index (κ1) is 17.2. The van der Waals surface area contributed by atoms with Crippen molar-refractivity contribution in [2.45, 2.75) is 6.42 Å². The number of ether oxygens (including phenoxy) is 1. The first-order valence-electron chi connectivity index (χ1n) is 8.89. The van der Waals surface area contributed by atoms with Gasteiger partial charge in [-0.1, -0.05) is 42.5 Å². The summed E-state index contributed by atoms with van der Waals surface area (Å²) >= 11 is 0. The molecule has 0 bridgehead atoms. The molecule has 0 amide bonds. The van der Waals surface area contributed by atoms with Gasteiger partial charge in [-0.25, -0.2) is 4.39 Å². The molecule has 0 aromatic heterocycles. The van der Waals surface area contributed by atoms with Crippen molar-refractivity contribution >= 4 is 23.1 Å². The molecule has 27 heavy (non-hydrogen) atoms. The molecule has 0 fully saturated rings. The number of nitrogen functional groups attached to an aromatic ring is 1. The van der Waals surface area contributed by atoms with Gasteiger partial charge < -0.3 is 15.4 Å². The average molecular weight is 360 g/mol. The second-order valence-electron chi connectivity index (χ2n) is 6.61. The van der Waals surface area contributed by atoms with E-state index in [4.69, 9.17) is 10.5 Å². The van der Waals surface area contributed by atoms with Gasteiger partial charge in [-0.15, -0.1) is 0 Å². The van der Waals surface area contributed by atoms with Gasteiger partial charge in [0.1, 0.15) is 11.6 Å². The van der Waals surface area contributed by atoms with Crippen LogP contribution in [-0.2, 0) is 6.42 Å². The van der Waals surface area contributed by atoms with Crippen molar-refractivity contribution < 1.29 is 9.13 Å². The van der Waals surface area contributed by atoms with Crippen LogP contribution in [-0.4, -0.2) is 13.7 Å². The second-order valence-corrected chi connectivity index (χ2v) is 6.61. The summed E-state index contributed by atoms with van der Waals surface area (Å²) in [7, 11) is 1.67. The lowest BCUT2D eigenvalue weighted by atomic mass is 9.98. The molecule has 0 atom stereocenters. The molecule has 3 aromatic rings. The van der Waals surface area contributed by atoms with Crippen LogP contribution in [0.1, 0.15) is 16.7 Å². The number of anilines is 3. The summed E-state index contributed by atoms with van der Waals surface area (Å²) in [6.07, 6.45) is 4.90. The van der Waals surface area contributed by atoms with Crippen LogP contribution in [0.2, 0.25) is 0 Å². The highest BCUT2D eigenvalue weighted by Crippen LogP contribution is 2.39. The number of benzene rings is 3. The summed E-state index contributed by atoms with van der Waals surface area (Å²) < 4.78 is 20.2. The van der Waals surface area contributed by atoms with Crippen LogP contribution in [0.3, 0.4) is 0 Å². The van der Waals surface area contributed by atoms with E-state index in [9.17, 15) is 4.39 Å². The maximum absolute atomic E-state index is 14.5. The molecule has 0 aliphatic carbocycles. The molecule has 2 N–H and O–H groups in total. The van der Waals surface area contributed by atoms with Crippen molar-refractivity contribution in [3.05, 3.63) is 89.2 Å². The SMILES string of the molecule is COc1cc2c(cc1Cc1ccccc1)C=CCN2c1ccc(N)cc1F. The lowest BCUT2D eigenvalue weighted by Crippen LogP contribution is -2.21. The number of nitrogens with zero attached hydrogens (tertiary/aromatic N) is 1. The third kappa shape index (κ3) is 3.38. The molecular weight excluding hydrogens is 339 g/mol. The highest BCUT2D eigenvalue weighted by molar-refractivity contribution is 5.80. The van der Waals surface area contributed by atoms with Gasteiger partial charge in [-0.3, -0.25) is 0 Å². The lowest BCUT2D eigenvalue weighted by Gasteiger charge is -2.30. The van der Waals surface area contributed by atoms with Crippen LogP contribution in [0.15, 0.2) is 66.7 Å². The zero-order chi connectivity index (χ0) is 18.8. The van der Waals surface area contributed by atoms with Gasteiger partial charge >= 0.3 is 0 Å². The molecule has 1 aliphatic rings. The van der Waals surface area contributed by atoms with Crippen LogP contribution in [0.25, 0.3) is 6.08 Å². The van der Waals surface area contributed by atoms with Crippen LogP contribution < -0.4 is 15.4 Å². The number of nitrogens with two attached hydrogens (primary N) is 1. The molecule has 0 spiro atoms. The molecule has 0 radical (unpaired) electrons. The number of fused-ring (bicyclic) bond motifs is 1. The molecule has 1 aliphatic heterocycles. The smallest absolute Gasteiger partial charge is 0.148 e. The van der Waals surface area contributed by atoms with Crippen molar-refractivity contribution in [1.29, 1.82) is 0 Å². The zero-order valence-electron chi connectivity index (χ0n) is 15.2. The normalized spacial score (nSPS) is 12.7. The first-order chi connectivity index (χ1) is 13.2. The fraction of sp³-hybridized carbons (Fsp3) is 0.130. The summed E-state index contributed by atoms with van der Waals surface area (Å²) in [6, 6.07) is 19.2. The standard InChI is InChI=1S/C23H21FN2O/c1-27-23-15-22-17(13-18(23)12-16-6-3-2-4-7-16)8-5-11-26(22)21-10-9-19(25)14-20(21)24/h2-10,13-15H,11-12,25H2,1H3. The van der Waals surface area contributed by atoms with Gasteiger partial charge in [-0.2, -0.15) is 0 Å². The molecular formula is C23H21FN2O. The van der Waals surface area contributed by atoms with E-state index in [1.54, 1.807) is 19.2 Å². The van der Waals surface area contributed by atoms with Crippen LogP contribution in [0.4, 0.5) is 21.5 Å². The minimum atomic E-state index is -0.330. The molecule has 136 valence electrons. The largest absolute Gasteiger partial charge is 0.496 e. The Balaban J connectivity index is 1.76. The molecule has 1 heterocycles. The number of rotatable bonds is 4. The number of hydrogen-bond donors (Lipinski definition) is 1. The maximum Gasteiger partial charge on any atom is 0.148 e. The third-order valence-corrected chi connectivity index (χ3v) is 4.81. The summed E-state index contributed by atoms with van der Waals surface area (Å²) in [5.74, 6) is 0.470. The molecule has 0 saturated carbocycles. The Morgan fingerprint density at radius 1 is 1.04 bits per heavy atom.